The first kappa shape index (κ1) is 27.7. The Morgan fingerprint density at radius 3 is 2.33 bits per heavy atom. The summed E-state index contributed by atoms with van der Waals surface area (Å²) in [6.45, 7) is 5.91. The summed E-state index contributed by atoms with van der Waals surface area (Å²) in [5.41, 5.74) is -2.18. The molecule has 0 unspecified atom stereocenters. The Labute approximate surface area is 220 Å². The standard InChI is InChI=1S/C27H27F3N4O5/c1-6-39-24(36)19-14-32(18-10-11-21-22(12-18)34(15(2)3)25(37)31(21)5)26(38)33(23(19)35)13-17-8-7-9-20(16(17)4)27(28,29)30/h7-12,14-15H,6,13H2,1-5H3. The van der Waals surface area contributed by atoms with E-state index in [2.05, 4.69) is 0 Å². The maximum Gasteiger partial charge on any atom is 0.416 e. The third-order valence-corrected chi connectivity index (χ3v) is 6.61. The Balaban J connectivity index is 1.99. The predicted molar refractivity (Wildman–Crippen MR) is 139 cm³/mol. The Bertz CT molecular complexity index is 1770. The predicted octanol–water partition coefficient (Wildman–Crippen LogP) is 3.79. The number of ether oxygens (including phenoxy) is 1. The molecule has 0 spiro atoms. The van der Waals surface area contributed by atoms with E-state index in [-0.39, 0.29) is 35.2 Å². The normalized spacial score (nSPS) is 11.9. The summed E-state index contributed by atoms with van der Waals surface area (Å²) in [7, 11) is 1.62. The van der Waals surface area contributed by atoms with Gasteiger partial charge in [0, 0.05) is 19.3 Å². The molecule has 0 saturated heterocycles. The number of hydrogen-bond acceptors (Lipinski definition) is 5. The van der Waals surface area contributed by atoms with Crippen LogP contribution < -0.4 is 16.9 Å². The Kier molecular flexibility index (Phi) is 7.15. The maximum absolute atomic E-state index is 13.6. The molecule has 0 aliphatic rings. The summed E-state index contributed by atoms with van der Waals surface area (Å²) in [6, 6.07) is 8.05. The average Bonchev–Trinajstić information content (AvgIpc) is 3.11. The molecule has 39 heavy (non-hydrogen) atoms. The number of aryl methyl sites for hydroxylation is 1. The van der Waals surface area contributed by atoms with Gasteiger partial charge in [0.1, 0.15) is 5.56 Å². The van der Waals surface area contributed by atoms with E-state index in [1.807, 2.05) is 13.8 Å². The van der Waals surface area contributed by atoms with Crippen LogP contribution in [0.4, 0.5) is 13.2 Å². The SMILES string of the molecule is CCOC(=O)c1cn(-c2ccc3c(c2)n(C(C)C)c(=O)n3C)c(=O)n(Cc2cccc(C(F)(F)F)c2C)c1=O. The molecule has 0 aliphatic carbocycles. The van der Waals surface area contributed by atoms with Crippen LogP contribution in [0.1, 0.15) is 53.9 Å². The van der Waals surface area contributed by atoms with Gasteiger partial charge in [-0.3, -0.25) is 23.1 Å². The molecule has 206 valence electrons. The molecule has 0 atom stereocenters. The first-order chi connectivity index (χ1) is 18.3. The molecule has 0 bridgehead atoms. The van der Waals surface area contributed by atoms with E-state index in [1.165, 1.54) is 28.2 Å². The van der Waals surface area contributed by atoms with Gasteiger partial charge in [-0.15, -0.1) is 0 Å². The lowest BCUT2D eigenvalue weighted by atomic mass is 10.0. The molecule has 0 N–H and O–H groups in total. The lowest BCUT2D eigenvalue weighted by Gasteiger charge is -2.16. The first-order valence-electron chi connectivity index (χ1n) is 12.2. The Morgan fingerprint density at radius 1 is 1.03 bits per heavy atom. The van der Waals surface area contributed by atoms with Crippen molar-refractivity contribution in [2.75, 3.05) is 6.61 Å². The van der Waals surface area contributed by atoms with Crippen molar-refractivity contribution in [3.8, 4) is 5.69 Å². The lowest BCUT2D eigenvalue weighted by Crippen LogP contribution is -2.42. The van der Waals surface area contributed by atoms with Crippen molar-refractivity contribution < 1.29 is 22.7 Å². The number of carbonyl (C=O) groups is 1. The third kappa shape index (κ3) is 4.82. The van der Waals surface area contributed by atoms with Gasteiger partial charge in [0.2, 0.25) is 0 Å². The highest BCUT2D eigenvalue weighted by Crippen LogP contribution is 2.33. The summed E-state index contributed by atoms with van der Waals surface area (Å²) < 4.78 is 50.2. The summed E-state index contributed by atoms with van der Waals surface area (Å²) >= 11 is 0. The number of aromatic nitrogens is 4. The largest absolute Gasteiger partial charge is 0.462 e. The smallest absolute Gasteiger partial charge is 0.416 e. The van der Waals surface area contributed by atoms with Crippen LogP contribution in [0, 0.1) is 6.92 Å². The van der Waals surface area contributed by atoms with Crippen molar-refractivity contribution in [2.45, 2.75) is 46.5 Å². The Morgan fingerprint density at radius 2 is 1.72 bits per heavy atom. The van der Waals surface area contributed by atoms with Crippen LogP contribution in [-0.2, 0) is 24.5 Å². The summed E-state index contributed by atoms with van der Waals surface area (Å²) in [5.74, 6) is -0.981. The molecule has 4 aromatic rings. The van der Waals surface area contributed by atoms with E-state index in [1.54, 1.807) is 32.2 Å². The van der Waals surface area contributed by atoms with Crippen LogP contribution in [0.15, 0.2) is 57.0 Å². The van der Waals surface area contributed by atoms with Gasteiger partial charge in [0.15, 0.2) is 0 Å². The molecule has 9 nitrogen and oxygen atoms in total. The first-order valence-corrected chi connectivity index (χ1v) is 12.2. The van der Waals surface area contributed by atoms with E-state index in [4.69, 9.17) is 4.74 Å². The van der Waals surface area contributed by atoms with Crippen molar-refractivity contribution in [2.24, 2.45) is 7.05 Å². The van der Waals surface area contributed by atoms with Gasteiger partial charge in [0.25, 0.3) is 5.56 Å². The second-order valence-corrected chi connectivity index (χ2v) is 9.37. The lowest BCUT2D eigenvalue weighted by molar-refractivity contribution is -0.138. The van der Waals surface area contributed by atoms with Crippen molar-refractivity contribution in [1.29, 1.82) is 0 Å². The second-order valence-electron chi connectivity index (χ2n) is 9.37. The number of imidazole rings is 1. The third-order valence-electron chi connectivity index (χ3n) is 6.61. The molecule has 0 fully saturated rings. The molecule has 0 radical (unpaired) electrons. The molecule has 0 aliphatic heterocycles. The fraction of sp³-hybridized carbons (Fsp3) is 0.333. The van der Waals surface area contributed by atoms with Gasteiger partial charge in [-0.25, -0.2) is 14.4 Å². The highest BCUT2D eigenvalue weighted by atomic mass is 19.4. The van der Waals surface area contributed by atoms with Gasteiger partial charge >= 0.3 is 23.5 Å². The summed E-state index contributed by atoms with van der Waals surface area (Å²) in [5, 5.41) is 0. The minimum Gasteiger partial charge on any atom is -0.462 e. The van der Waals surface area contributed by atoms with Gasteiger partial charge in [-0.1, -0.05) is 12.1 Å². The van der Waals surface area contributed by atoms with Gasteiger partial charge in [-0.05, 0) is 63.1 Å². The highest BCUT2D eigenvalue weighted by molar-refractivity contribution is 5.88. The quantitative estimate of drug-likeness (QED) is 0.344. The number of benzene rings is 2. The van der Waals surface area contributed by atoms with Gasteiger partial charge in [0.05, 0.1) is 35.4 Å². The molecule has 2 aromatic carbocycles. The zero-order chi connectivity index (χ0) is 28.8. The van der Waals surface area contributed by atoms with E-state index in [0.717, 1.165) is 16.8 Å². The zero-order valence-electron chi connectivity index (χ0n) is 22.0. The fourth-order valence-electron chi connectivity index (χ4n) is 4.61. The van der Waals surface area contributed by atoms with Crippen LogP contribution in [0.25, 0.3) is 16.7 Å². The number of fused-ring (bicyclic) bond motifs is 1. The molecular formula is C27H27F3N4O5. The van der Waals surface area contributed by atoms with E-state index < -0.39 is 41.1 Å². The van der Waals surface area contributed by atoms with Crippen molar-refractivity contribution in [1.82, 2.24) is 18.3 Å². The van der Waals surface area contributed by atoms with E-state index in [0.29, 0.717) is 15.6 Å². The molecule has 12 heteroatoms. The summed E-state index contributed by atoms with van der Waals surface area (Å²) in [6.07, 6.45) is -3.57. The molecule has 0 amide bonds. The van der Waals surface area contributed by atoms with Crippen LogP contribution in [-0.4, -0.2) is 30.8 Å². The molecule has 4 rings (SSSR count). The van der Waals surface area contributed by atoms with Gasteiger partial charge in [-0.2, -0.15) is 13.2 Å². The molecule has 0 saturated carbocycles. The monoisotopic (exact) mass is 544 g/mol. The zero-order valence-corrected chi connectivity index (χ0v) is 22.0. The topological polar surface area (TPSA) is 97.2 Å². The maximum atomic E-state index is 13.6. The second kappa shape index (κ2) is 10.1. The van der Waals surface area contributed by atoms with E-state index in [9.17, 15) is 32.3 Å². The van der Waals surface area contributed by atoms with Crippen LogP contribution in [0.5, 0.6) is 0 Å². The number of halogens is 3. The molecule has 2 aromatic heterocycles. The van der Waals surface area contributed by atoms with Gasteiger partial charge < -0.3 is 4.74 Å². The highest BCUT2D eigenvalue weighted by Gasteiger charge is 2.33. The minimum absolute atomic E-state index is 0.0409. The average molecular weight is 545 g/mol. The van der Waals surface area contributed by atoms with Crippen LogP contribution >= 0.6 is 0 Å². The number of carbonyl (C=O) groups excluding carboxylic acids is 1. The number of hydrogen-bond donors (Lipinski definition) is 0. The Hall–Kier alpha value is -4.35. The van der Waals surface area contributed by atoms with E-state index >= 15 is 0 Å². The number of alkyl halides is 3. The summed E-state index contributed by atoms with van der Waals surface area (Å²) in [4.78, 5) is 52.3. The van der Waals surface area contributed by atoms with Crippen LogP contribution in [0.2, 0.25) is 0 Å². The van der Waals surface area contributed by atoms with Crippen molar-refractivity contribution in [3.63, 3.8) is 0 Å². The van der Waals surface area contributed by atoms with Crippen molar-refractivity contribution >= 4 is 17.0 Å². The molecule has 2 heterocycles. The minimum atomic E-state index is -4.63. The van der Waals surface area contributed by atoms with Crippen LogP contribution in [0.3, 0.4) is 0 Å². The number of nitrogens with zero attached hydrogens (tertiary/aromatic N) is 4. The molecular weight excluding hydrogens is 517 g/mol. The number of rotatable bonds is 6. The van der Waals surface area contributed by atoms with Crippen molar-refractivity contribution in [3.05, 3.63) is 96.2 Å². The number of esters is 1. The fourth-order valence-corrected chi connectivity index (χ4v) is 4.61.